The second-order valence-corrected chi connectivity index (χ2v) is 4.15. The van der Waals surface area contributed by atoms with Gasteiger partial charge in [0.1, 0.15) is 5.52 Å². The Hall–Kier alpha value is -2.20. The summed E-state index contributed by atoms with van der Waals surface area (Å²) in [5, 5.41) is 0. The third-order valence-corrected chi connectivity index (χ3v) is 2.93. The van der Waals surface area contributed by atoms with Gasteiger partial charge in [-0.25, -0.2) is 4.98 Å². The summed E-state index contributed by atoms with van der Waals surface area (Å²) in [5.41, 5.74) is 10.6. The fraction of sp³-hybridized carbons (Fsp3) is 0.143. The van der Waals surface area contributed by atoms with Crippen LogP contribution in [-0.4, -0.2) is 9.97 Å². The van der Waals surface area contributed by atoms with E-state index in [9.17, 15) is 0 Å². The van der Waals surface area contributed by atoms with Crippen LogP contribution in [0.15, 0.2) is 41.1 Å². The molecule has 2 N–H and O–H groups in total. The predicted molar refractivity (Wildman–Crippen MR) is 69.9 cm³/mol. The van der Waals surface area contributed by atoms with Crippen LogP contribution in [0.5, 0.6) is 0 Å². The number of aryl methyl sites for hydroxylation is 1. The number of hydrogen-bond donors (Lipinski definition) is 1. The number of benzene rings is 1. The van der Waals surface area contributed by atoms with E-state index in [-0.39, 0.29) is 0 Å². The molecule has 0 aliphatic rings. The quantitative estimate of drug-likeness (QED) is 0.746. The van der Waals surface area contributed by atoms with Crippen molar-refractivity contribution in [2.24, 2.45) is 5.73 Å². The molecule has 4 heteroatoms. The third kappa shape index (κ3) is 1.76. The summed E-state index contributed by atoms with van der Waals surface area (Å²) in [7, 11) is 0. The molecule has 4 nitrogen and oxygen atoms in total. The minimum Gasteiger partial charge on any atom is -0.441 e. The predicted octanol–water partition coefficient (Wildman–Crippen LogP) is 2.66. The van der Waals surface area contributed by atoms with Crippen molar-refractivity contribution in [1.82, 2.24) is 9.97 Å². The molecule has 2 aromatic heterocycles. The molecular weight excluding hydrogens is 226 g/mol. The molecule has 3 aromatic rings. The van der Waals surface area contributed by atoms with Gasteiger partial charge < -0.3 is 10.2 Å². The van der Waals surface area contributed by atoms with Gasteiger partial charge in [0.25, 0.3) is 0 Å². The number of rotatable bonds is 2. The van der Waals surface area contributed by atoms with Gasteiger partial charge in [-0.3, -0.25) is 4.98 Å². The van der Waals surface area contributed by atoms with E-state index in [4.69, 9.17) is 10.2 Å². The minimum atomic E-state index is 0.471. The van der Waals surface area contributed by atoms with Crippen molar-refractivity contribution in [3.63, 3.8) is 0 Å². The van der Waals surface area contributed by atoms with Crippen LogP contribution in [-0.2, 0) is 6.54 Å². The molecule has 0 saturated heterocycles. The number of oxazole rings is 1. The Bertz CT molecular complexity index is 703. The van der Waals surface area contributed by atoms with Gasteiger partial charge >= 0.3 is 0 Å². The summed E-state index contributed by atoms with van der Waals surface area (Å²) < 4.78 is 5.47. The highest BCUT2D eigenvalue weighted by Crippen LogP contribution is 2.26. The van der Waals surface area contributed by atoms with E-state index in [2.05, 4.69) is 9.97 Å². The van der Waals surface area contributed by atoms with Crippen molar-refractivity contribution in [2.45, 2.75) is 13.5 Å². The summed E-state index contributed by atoms with van der Waals surface area (Å²) in [4.78, 5) is 8.44. The maximum atomic E-state index is 5.73. The van der Waals surface area contributed by atoms with Crippen molar-refractivity contribution >= 4 is 11.1 Å². The standard InChI is InChI=1S/C14H13N3O/c1-9-17-13-6-10(2-3-14(13)18-9)12-4-5-16-8-11(12)7-15/h2-6,8H,7,15H2,1H3. The van der Waals surface area contributed by atoms with Crippen molar-refractivity contribution in [2.75, 3.05) is 0 Å². The van der Waals surface area contributed by atoms with Crippen LogP contribution in [0.2, 0.25) is 0 Å². The Kier molecular flexibility index (Phi) is 2.57. The van der Waals surface area contributed by atoms with Crippen LogP contribution in [0, 0.1) is 6.92 Å². The summed E-state index contributed by atoms with van der Waals surface area (Å²) in [6.07, 6.45) is 3.57. The number of hydrogen-bond acceptors (Lipinski definition) is 4. The van der Waals surface area contributed by atoms with Crippen molar-refractivity contribution in [3.8, 4) is 11.1 Å². The molecule has 0 fully saturated rings. The van der Waals surface area contributed by atoms with Crippen molar-refractivity contribution in [1.29, 1.82) is 0 Å². The van der Waals surface area contributed by atoms with Crippen LogP contribution in [0.3, 0.4) is 0 Å². The normalized spacial score (nSPS) is 11.0. The van der Waals surface area contributed by atoms with E-state index in [1.165, 1.54) is 0 Å². The van der Waals surface area contributed by atoms with Crippen molar-refractivity contribution < 1.29 is 4.42 Å². The van der Waals surface area contributed by atoms with Gasteiger partial charge in [-0.15, -0.1) is 0 Å². The van der Waals surface area contributed by atoms with Gasteiger partial charge in [-0.05, 0) is 34.9 Å². The van der Waals surface area contributed by atoms with Gasteiger partial charge in [0.05, 0.1) is 0 Å². The Morgan fingerprint density at radius 1 is 1.28 bits per heavy atom. The molecule has 0 unspecified atom stereocenters. The SMILES string of the molecule is Cc1nc2cc(-c3ccncc3CN)ccc2o1. The van der Waals surface area contributed by atoms with Gasteiger partial charge in [0.15, 0.2) is 11.5 Å². The van der Waals surface area contributed by atoms with E-state index in [1.54, 1.807) is 12.4 Å². The summed E-state index contributed by atoms with van der Waals surface area (Å²) in [6, 6.07) is 7.93. The molecule has 0 radical (unpaired) electrons. The number of aromatic nitrogens is 2. The molecule has 2 heterocycles. The van der Waals surface area contributed by atoms with Crippen LogP contribution in [0.4, 0.5) is 0 Å². The van der Waals surface area contributed by atoms with Gasteiger partial charge in [-0.2, -0.15) is 0 Å². The fourth-order valence-corrected chi connectivity index (χ4v) is 2.08. The molecule has 18 heavy (non-hydrogen) atoms. The Morgan fingerprint density at radius 2 is 2.17 bits per heavy atom. The fourth-order valence-electron chi connectivity index (χ4n) is 2.08. The molecule has 0 amide bonds. The highest BCUT2D eigenvalue weighted by atomic mass is 16.3. The lowest BCUT2D eigenvalue weighted by Crippen LogP contribution is -1.99. The van der Waals surface area contributed by atoms with Gasteiger partial charge in [-0.1, -0.05) is 6.07 Å². The molecule has 0 aliphatic carbocycles. The second kappa shape index (κ2) is 4.23. The first-order chi connectivity index (χ1) is 8.78. The molecule has 0 bridgehead atoms. The zero-order valence-corrected chi connectivity index (χ0v) is 10.1. The lowest BCUT2D eigenvalue weighted by molar-refractivity contribution is 0.561. The van der Waals surface area contributed by atoms with Gasteiger partial charge in [0, 0.05) is 25.9 Å². The Labute approximate surface area is 104 Å². The van der Waals surface area contributed by atoms with E-state index in [0.29, 0.717) is 12.4 Å². The van der Waals surface area contributed by atoms with Crippen LogP contribution >= 0.6 is 0 Å². The van der Waals surface area contributed by atoms with E-state index in [1.807, 2.05) is 31.2 Å². The Morgan fingerprint density at radius 3 is 3.00 bits per heavy atom. The molecule has 0 atom stereocenters. The smallest absolute Gasteiger partial charge is 0.192 e. The average molecular weight is 239 g/mol. The van der Waals surface area contributed by atoms with Gasteiger partial charge in [0.2, 0.25) is 0 Å². The number of pyridine rings is 1. The van der Waals surface area contributed by atoms with Crippen LogP contribution in [0.25, 0.3) is 22.2 Å². The Balaban J connectivity index is 2.18. The first kappa shape index (κ1) is 10.9. The molecule has 1 aromatic carbocycles. The largest absolute Gasteiger partial charge is 0.441 e. The van der Waals surface area contributed by atoms with E-state index in [0.717, 1.165) is 27.8 Å². The minimum absolute atomic E-state index is 0.471. The van der Waals surface area contributed by atoms with Crippen LogP contribution < -0.4 is 5.73 Å². The van der Waals surface area contributed by atoms with E-state index < -0.39 is 0 Å². The first-order valence-corrected chi connectivity index (χ1v) is 5.78. The molecule has 3 rings (SSSR count). The van der Waals surface area contributed by atoms with E-state index >= 15 is 0 Å². The summed E-state index contributed by atoms with van der Waals surface area (Å²) >= 11 is 0. The molecule has 0 spiro atoms. The average Bonchev–Trinajstić information content (AvgIpc) is 2.77. The van der Waals surface area contributed by atoms with Crippen molar-refractivity contribution in [3.05, 3.63) is 48.1 Å². The summed E-state index contributed by atoms with van der Waals surface area (Å²) in [6.45, 7) is 2.32. The lowest BCUT2D eigenvalue weighted by Gasteiger charge is -2.06. The number of fused-ring (bicyclic) bond motifs is 1. The highest BCUT2D eigenvalue weighted by molar-refractivity contribution is 5.81. The molecular formula is C14H13N3O. The maximum Gasteiger partial charge on any atom is 0.192 e. The first-order valence-electron chi connectivity index (χ1n) is 5.78. The number of nitrogens with zero attached hydrogens (tertiary/aromatic N) is 2. The third-order valence-electron chi connectivity index (χ3n) is 2.93. The zero-order valence-electron chi connectivity index (χ0n) is 10.1. The monoisotopic (exact) mass is 239 g/mol. The summed E-state index contributed by atoms with van der Waals surface area (Å²) in [5.74, 6) is 0.677. The lowest BCUT2D eigenvalue weighted by atomic mass is 10.0. The van der Waals surface area contributed by atoms with Crippen LogP contribution in [0.1, 0.15) is 11.5 Å². The molecule has 0 saturated carbocycles. The topological polar surface area (TPSA) is 64.9 Å². The second-order valence-electron chi connectivity index (χ2n) is 4.15. The molecule has 90 valence electrons. The zero-order chi connectivity index (χ0) is 12.5. The maximum absolute atomic E-state index is 5.73. The highest BCUT2D eigenvalue weighted by Gasteiger charge is 2.07. The number of nitrogens with two attached hydrogens (primary N) is 1. The molecule has 0 aliphatic heterocycles.